The number of aliphatic carboxylic acids is 1. The predicted molar refractivity (Wildman–Crippen MR) is 116 cm³/mol. The summed E-state index contributed by atoms with van der Waals surface area (Å²) in [5, 5.41) is 11.3. The van der Waals surface area contributed by atoms with Crippen molar-refractivity contribution >= 4 is 33.9 Å². The van der Waals surface area contributed by atoms with E-state index in [0.29, 0.717) is 4.90 Å². The molecule has 10 heteroatoms. The number of alkyl carbamates (subject to hydrolysis) is 1. The lowest BCUT2D eigenvalue weighted by molar-refractivity contribution is -0.142. The number of ether oxygens (including phenoxy) is 1. The number of carbonyl (C=O) groups excluding carboxylic acids is 2. The molecule has 2 amide bonds. The number of alkyl halides is 3. The number of carbonyl (C=O) groups is 3. The number of carboxylic acids is 1. The van der Waals surface area contributed by atoms with Crippen LogP contribution in [0, 0.1) is 0 Å². The highest BCUT2D eigenvalue weighted by atomic mass is 79.9. The molecule has 2 N–H and O–H groups in total. The van der Waals surface area contributed by atoms with Crippen molar-refractivity contribution in [3.63, 3.8) is 0 Å². The minimum atomic E-state index is -3.35. The minimum absolute atomic E-state index is 0.0385. The predicted octanol–water partition coefficient (Wildman–Crippen LogP) is 3.81. The number of carboxylic acid groups (broad SMARTS) is 1. The lowest BCUT2D eigenvalue weighted by Gasteiger charge is -2.25. The standard InChI is InChI=1S/C22H21BrF2N2O5/c1-27(12-22(23,24)25)20(30)18(10-19(28)29)26-21(31)32-11-17-15-8-4-2-6-13(15)14-7-3-5-9-16(14)17/h2-9,17-18H,10-12H2,1H3,(H,26,31)(H,28,29). The third-order valence-corrected chi connectivity index (χ3v) is 5.36. The smallest absolute Gasteiger partial charge is 0.407 e. The summed E-state index contributed by atoms with van der Waals surface area (Å²) < 4.78 is 31.6. The second-order valence-electron chi connectivity index (χ2n) is 7.43. The van der Waals surface area contributed by atoms with Crippen LogP contribution in [0.3, 0.4) is 0 Å². The molecule has 1 atom stereocenters. The summed E-state index contributed by atoms with van der Waals surface area (Å²) in [6.07, 6.45) is -1.79. The molecule has 0 heterocycles. The van der Waals surface area contributed by atoms with Crippen LogP contribution in [0.25, 0.3) is 11.1 Å². The quantitative estimate of drug-likeness (QED) is 0.526. The normalized spacial score (nSPS) is 13.6. The van der Waals surface area contributed by atoms with E-state index in [1.807, 2.05) is 48.5 Å². The fraction of sp³-hybridized carbons (Fsp3) is 0.318. The van der Waals surface area contributed by atoms with Gasteiger partial charge in [-0.15, -0.1) is 0 Å². The molecule has 1 aliphatic rings. The van der Waals surface area contributed by atoms with E-state index in [1.54, 1.807) is 0 Å². The first-order chi connectivity index (χ1) is 15.1. The lowest BCUT2D eigenvalue weighted by Crippen LogP contribution is -2.50. The van der Waals surface area contributed by atoms with Crippen molar-refractivity contribution in [1.29, 1.82) is 0 Å². The molecule has 0 spiro atoms. The number of nitrogens with zero attached hydrogens (tertiary/aromatic N) is 1. The van der Waals surface area contributed by atoms with Gasteiger partial charge in [-0.3, -0.25) is 9.59 Å². The van der Waals surface area contributed by atoms with Gasteiger partial charge in [0.1, 0.15) is 12.6 Å². The second kappa shape index (κ2) is 9.64. The Morgan fingerprint density at radius 2 is 1.66 bits per heavy atom. The van der Waals surface area contributed by atoms with Crippen molar-refractivity contribution in [1.82, 2.24) is 10.2 Å². The van der Waals surface area contributed by atoms with Gasteiger partial charge < -0.3 is 20.1 Å². The van der Waals surface area contributed by atoms with Gasteiger partial charge in [-0.1, -0.05) is 48.5 Å². The number of amides is 2. The zero-order chi connectivity index (χ0) is 23.5. The number of hydrogen-bond acceptors (Lipinski definition) is 4. The van der Waals surface area contributed by atoms with Crippen molar-refractivity contribution in [2.75, 3.05) is 20.2 Å². The molecule has 3 rings (SSSR count). The Morgan fingerprint density at radius 1 is 1.12 bits per heavy atom. The Morgan fingerprint density at radius 3 is 2.16 bits per heavy atom. The Balaban J connectivity index is 1.68. The Kier molecular flexibility index (Phi) is 7.12. The van der Waals surface area contributed by atoms with Crippen LogP contribution in [-0.4, -0.2) is 59.0 Å². The Hall–Kier alpha value is -3.01. The van der Waals surface area contributed by atoms with Crippen LogP contribution < -0.4 is 5.32 Å². The van der Waals surface area contributed by atoms with E-state index in [-0.39, 0.29) is 12.5 Å². The summed E-state index contributed by atoms with van der Waals surface area (Å²) in [6, 6.07) is 13.9. The van der Waals surface area contributed by atoms with Gasteiger partial charge in [0.05, 0.1) is 13.0 Å². The number of halogens is 3. The van der Waals surface area contributed by atoms with Crippen molar-refractivity contribution in [3.05, 3.63) is 59.7 Å². The molecule has 0 aliphatic heterocycles. The fourth-order valence-electron chi connectivity index (χ4n) is 3.77. The lowest BCUT2D eigenvalue weighted by atomic mass is 9.98. The molecule has 7 nitrogen and oxygen atoms in total. The first-order valence-electron chi connectivity index (χ1n) is 9.72. The number of fused-ring (bicyclic) bond motifs is 3. The van der Waals surface area contributed by atoms with Gasteiger partial charge in [-0.05, 0) is 38.2 Å². The maximum atomic E-state index is 13.2. The summed E-state index contributed by atoms with van der Waals surface area (Å²) in [5.41, 5.74) is 4.04. The van der Waals surface area contributed by atoms with Crippen molar-refractivity contribution < 1.29 is 33.0 Å². The summed E-state index contributed by atoms with van der Waals surface area (Å²) >= 11 is 2.13. The maximum absolute atomic E-state index is 13.2. The summed E-state index contributed by atoms with van der Waals surface area (Å²) in [4.78, 5) is 33.2. The van der Waals surface area contributed by atoms with Crippen LogP contribution in [-0.2, 0) is 14.3 Å². The van der Waals surface area contributed by atoms with Gasteiger partial charge in [0.15, 0.2) is 0 Å². The summed E-state index contributed by atoms with van der Waals surface area (Å²) in [6.45, 7) is -1.03. The van der Waals surface area contributed by atoms with Crippen molar-refractivity contribution in [2.24, 2.45) is 0 Å². The number of nitrogens with one attached hydrogen (secondary N) is 1. The summed E-state index contributed by atoms with van der Waals surface area (Å²) in [5.74, 6) is -2.57. The van der Waals surface area contributed by atoms with Gasteiger partial charge in [-0.2, -0.15) is 8.78 Å². The highest BCUT2D eigenvalue weighted by molar-refractivity contribution is 9.10. The molecular weight excluding hydrogens is 490 g/mol. The number of likely N-dealkylation sites (N-methyl/N-ethyl adjacent to an activating group) is 1. The molecule has 2 aromatic carbocycles. The van der Waals surface area contributed by atoms with Gasteiger partial charge in [0, 0.05) is 13.0 Å². The highest BCUT2D eigenvalue weighted by Gasteiger charge is 2.34. The van der Waals surface area contributed by atoms with Crippen molar-refractivity contribution in [2.45, 2.75) is 23.2 Å². The molecule has 0 saturated carbocycles. The van der Waals surface area contributed by atoms with Gasteiger partial charge in [0.2, 0.25) is 5.91 Å². The van der Waals surface area contributed by atoms with Crippen LogP contribution >= 0.6 is 15.9 Å². The van der Waals surface area contributed by atoms with Gasteiger partial charge >= 0.3 is 16.9 Å². The zero-order valence-corrected chi connectivity index (χ0v) is 18.6. The van der Waals surface area contributed by atoms with E-state index in [2.05, 4.69) is 21.2 Å². The Bertz CT molecular complexity index is 982. The molecule has 2 aromatic rings. The second-order valence-corrected chi connectivity index (χ2v) is 8.59. The zero-order valence-electron chi connectivity index (χ0n) is 17.1. The van der Waals surface area contributed by atoms with E-state index in [1.165, 1.54) is 0 Å². The molecule has 0 saturated heterocycles. The van der Waals surface area contributed by atoms with E-state index in [0.717, 1.165) is 29.3 Å². The number of rotatable bonds is 8. The first kappa shape index (κ1) is 23.6. The molecular formula is C22H21BrF2N2O5. The molecule has 0 radical (unpaired) electrons. The van der Waals surface area contributed by atoms with Gasteiger partial charge in [-0.25, -0.2) is 4.79 Å². The average molecular weight is 511 g/mol. The monoisotopic (exact) mass is 510 g/mol. The fourth-order valence-corrected chi connectivity index (χ4v) is 4.15. The van der Waals surface area contributed by atoms with Crippen LogP contribution in [0.5, 0.6) is 0 Å². The Labute approximate surface area is 191 Å². The van der Waals surface area contributed by atoms with E-state index >= 15 is 0 Å². The van der Waals surface area contributed by atoms with Crippen molar-refractivity contribution in [3.8, 4) is 11.1 Å². The van der Waals surface area contributed by atoms with Crippen LogP contribution in [0.15, 0.2) is 48.5 Å². The van der Waals surface area contributed by atoms with Crippen LogP contribution in [0.2, 0.25) is 0 Å². The number of hydrogen-bond donors (Lipinski definition) is 2. The molecule has 1 aliphatic carbocycles. The minimum Gasteiger partial charge on any atom is -0.481 e. The van der Waals surface area contributed by atoms with E-state index < -0.39 is 41.8 Å². The van der Waals surface area contributed by atoms with Crippen LogP contribution in [0.4, 0.5) is 13.6 Å². The summed E-state index contributed by atoms with van der Waals surface area (Å²) in [7, 11) is 1.09. The molecule has 170 valence electrons. The third-order valence-electron chi connectivity index (χ3n) is 5.11. The molecule has 0 aromatic heterocycles. The first-order valence-corrected chi connectivity index (χ1v) is 10.5. The van der Waals surface area contributed by atoms with Gasteiger partial charge in [0.25, 0.3) is 0 Å². The topological polar surface area (TPSA) is 95.9 Å². The maximum Gasteiger partial charge on any atom is 0.407 e. The SMILES string of the molecule is CN(CC(F)(F)Br)C(=O)C(CC(=O)O)NC(=O)OCC1c2ccccc2-c2ccccc21. The van der Waals surface area contributed by atoms with Crippen LogP contribution in [0.1, 0.15) is 23.5 Å². The average Bonchev–Trinajstić information content (AvgIpc) is 3.03. The molecule has 0 fully saturated rings. The molecule has 32 heavy (non-hydrogen) atoms. The van der Waals surface area contributed by atoms with E-state index in [9.17, 15) is 23.2 Å². The number of benzene rings is 2. The van der Waals surface area contributed by atoms with E-state index in [4.69, 9.17) is 9.84 Å². The third kappa shape index (κ3) is 5.61. The molecule has 1 unspecified atom stereocenters. The highest BCUT2D eigenvalue weighted by Crippen LogP contribution is 2.44. The molecule has 0 bridgehead atoms. The largest absolute Gasteiger partial charge is 0.481 e.